The summed E-state index contributed by atoms with van der Waals surface area (Å²) < 4.78 is 0. The molecule has 122 valence electrons. The number of benzene rings is 2. The zero-order valence-corrected chi connectivity index (χ0v) is 14.9. The molecule has 0 aromatic heterocycles. The fourth-order valence-electron chi connectivity index (χ4n) is 2.12. The van der Waals surface area contributed by atoms with Crippen LogP contribution in [0.25, 0.3) is 6.08 Å². The van der Waals surface area contributed by atoms with E-state index in [1.54, 1.807) is 24.3 Å². The molecule has 0 aliphatic carbocycles. The molecule has 24 heavy (non-hydrogen) atoms. The van der Waals surface area contributed by atoms with Gasteiger partial charge in [0.1, 0.15) is 5.75 Å². The number of nitrogens with zero attached hydrogens (tertiary/aromatic N) is 1. The molecule has 1 aliphatic rings. The third-order valence-electron chi connectivity index (χ3n) is 3.22. The highest BCUT2D eigenvalue weighted by molar-refractivity contribution is 8.19. The van der Waals surface area contributed by atoms with Gasteiger partial charge in [0.15, 0.2) is 0 Å². The Balaban J connectivity index is 1.98. The van der Waals surface area contributed by atoms with Crippen LogP contribution in [0.4, 0.5) is 10.5 Å². The van der Waals surface area contributed by atoms with Gasteiger partial charge in [-0.1, -0.05) is 34.8 Å². The fraction of sp³-hybridized carbons (Fsp3) is 0. The lowest BCUT2D eigenvalue weighted by Gasteiger charge is -2.12. The smallest absolute Gasteiger partial charge is 0.298 e. The Hall–Kier alpha value is -1.66. The number of hydrogen-bond acceptors (Lipinski definition) is 4. The van der Waals surface area contributed by atoms with Gasteiger partial charge in [-0.15, -0.1) is 0 Å². The van der Waals surface area contributed by atoms with Crippen LogP contribution in [-0.4, -0.2) is 16.3 Å². The minimum Gasteiger partial charge on any atom is -0.506 e. The lowest BCUT2D eigenvalue weighted by Crippen LogP contribution is -2.27. The Morgan fingerprint density at radius 1 is 1.00 bits per heavy atom. The van der Waals surface area contributed by atoms with Crippen LogP contribution in [0.3, 0.4) is 0 Å². The number of imide groups is 1. The number of anilines is 1. The largest absolute Gasteiger partial charge is 0.506 e. The number of halogens is 3. The highest BCUT2D eigenvalue weighted by Crippen LogP contribution is 2.39. The molecule has 0 saturated carbocycles. The summed E-state index contributed by atoms with van der Waals surface area (Å²) in [5, 5.41) is 10.4. The van der Waals surface area contributed by atoms with Gasteiger partial charge >= 0.3 is 0 Å². The highest BCUT2D eigenvalue weighted by atomic mass is 35.5. The van der Waals surface area contributed by atoms with E-state index >= 15 is 0 Å². The number of rotatable bonds is 2. The molecule has 4 nitrogen and oxygen atoms in total. The van der Waals surface area contributed by atoms with E-state index in [1.165, 1.54) is 18.2 Å². The Kier molecular flexibility index (Phi) is 4.78. The van der Waals surface area contributed by atoms with Gasteiger partial charge in [-0.05, 0) is 54.2 Å². The number of carbonyl (C=O) groups is 2. The molecule has 0 atom stereocenters. The van der Waals surface area contributed by atoms with Crippen LogP contribution < -0.4 is 4.90 Å². The maximum Gasteiger partial charge on any atom is 0.298 e. The van der Waals surface area contributed by atoms with Crippen LogP contribution in [0.1, 0.15) is 5.56 Å². The van der Waals surface area contributed by atoms with Crippen molar-refractivity contribution >= 4 is 69.5 Å². The molecule has 3 rings (SSSR count). The first-order chi connectivity index (χ1) is 11.4. The number of thioether (sulfide) groups is 1. The predicted molar refractivity (Wildman–Crippen MR) is 98.0 cm³/mol. The second kappa shape index (κ2) is 6.69. The van der Waals surface area contributed by atoms with Crippen LogP contribution in [0.15, 0.2) is 41.3 Å². The zero-order valence-electron chi connectivity index (χ0n) is 11.8. The van der Waals surface area contributed by atoms with E-state index < -0.39 is 11.1 Å². The summed E-state index contributed by atoms with van der Waals surface area (Å²) in [6.45, 7) is 0. The molecule has 8 heteroatoms. The van der Waals surface area contributed by atoms with E-state index in [4.69, 9.17) is 34.8 Å². The van der Waals surface area contributed by atoms with Gasteiger partial charge in [-0.2, -0.15) is 0 Å². The van der Waals surface area contributed by atoms with Crippen molar-refractivity contribution < 1.29 is 14.7 Å². The summed E-state index contributed by atoms with van der Waals surface area (Å²) in [4.78, 5) is 25.9. The predicted octanol–water partition coefficient (Wildman–Crippen LogP) is 5.59. The quantitative estimate of drug-likeness (QED) is 0.667. The average Bonchev–Trinajstić information content (AvgIpc) is 2.80. The van der Waals surface area contributed by atoms with Gasteiger partial charge in [-0.3, -0.25) is 9.59 Å². The van der Waals surface area contributed by atoms with Crippen molar-refractivity contribution in [3.05, 3.63) is 61.9 Å². The summed E-state index contributed by atoms with van der Waals surface area (Å²) in [5.41, 5.74) is 0.674. The molecule has 2 amide bonds. The van der Waals surface area contributed by atoms with Gasteiger partial charge in [0.2, 0.25) is 0 Å². The molecule has 1 aliphatic heterocycles. The Bertz CT molecular complexity index is 881. The van der Waals surface area contributed by atoms with Crippen molar-refractivity contribution in [2.24, 2.45) is 0 Å². The summed E-state index contributed by atoms with van der Waals surface area (Å²) >= 11 is 18.4. The first-order valence-electron chi connectivity index (χ1n) is 6.58. The molecule has 1 fully saturated rings. The first-order valence-corrected chi connectivity index (χ1v) is 8.53. The summed E-state index contributed by atoms with van der Waals surface area (Å²) in [5.74, 6) is -0.706. The molecule has 1 N–H and O–H groups in total. The first kappa shape index (κ1) is 17.2. The number of amides is 2. The minimum atomic E-state index is -0.497. The standard InChI is InChI=1S/C16H8Cl3NO3S/c17-9-1-3-11(4-2-9)20-15(22)13(24-16(20)23)6-8-5-10(18)7-12(19)14(8)21/h1-7,21H/b13-6-. The van der Waals surface area contributed by atoms with E-state index in [0.717, 1.165) is 16.7 Å². The van der Waals surface area contributed by atoms with Crippen LogP contribution >= 0.6 is 46.6 Å². The van der Waals surface area contributed by atoms with Crippen molar-refractivity contribution in [1.29, 1.82) is 0 Å². The molecule has 0 unspecified atom stereocenters. The van der Waals surface area contributed by atoms with E-state index in [1.807, 2.05) is 0 Å². The normalized spacial score (nSPS) is 16.3. The Morgan fingerprint density at radius 3 is 2.33 bits per heavy atom. The van der Waals surface area contributed by atoms with Gasteiger partial charge in [0, 0.05) is 15.6 Å². The molecule has 2 aromatic carbocycles. The van der Waals surface area contributed by atoms with Crippen LogP contribution in [-0.2, 0) is 4.79 Å². The van der Waals surface area contributed by atoms with Gasteiger partial charge in [-0.25, -0.2) is 4.90 Å². The van der Waals surface area contributed by atoms with Crippen molar-refractivity contribution in [2.45, 2.75) is 0 Å². The molecule has 0 spiro atoms. The summed E-state index contributed by atoms with van der Waals surface area (Å²) in [7, 11) is 0. The number of carbonyl (C=O) groups excluding carboxylic acids is 2. The van der Waals surface area contributed by atoms with E-state index in [-0.39, 0.29) is 21.2 Å². The van der Waals surface area contributed by atoms with Crippen molar-refractivity contribution in [3.8, 4) is 5.75 Å². The highest BCUT2D eigenvalue weighted by Gasteiger charge is 2.36. The Morgan fingerprint density at radius 2 is 1.67 bits per heavy atom. The maximum absolute atomic E-state index is 12.5. The zero-order chi connectivity index (χ0) is 17.4. The van der Waals surface area contributed by atoms with Gasteiger partial charge < -0.3 is 5.11 Å². The van der Waals surface area contributed by atoms with Crippen LogP contribution in [0.5, 0.6) is 5.75 Å². The van der Waals surface area contributed by atoms with Crippen LogP contribution in [0, 0.1) is 0 Å². The number of hydrogen-bond donors (Lipinski definition) is 1. The van der Waals surface area contributed by atoms with E-state index in [2.05, 4.69) is 0 Å². The SMILES string of the molecule is O=C1S/C(=C\c2cc(Cl)cc(Cl)c2O)C(=O)N1c1ccc(Cl)cc1. The number of phenolic OH excluding ortho intramolecular Hbond substituents is 1. The van der Waals surface area contributed by atoms with Crippen molar-refractivity contribution in [1.82, 2.24) is 0 Å². The van der Waals surface area contributed by atoms with Crippen molar-refractivity contribution in [2.75, 3.05) is 4.90 Å². The molecule has 2 aromatic rings. The fourth-order valence-corrected chi connectivity index (χ4v) is 3.59. The second-order valence-corrected chi connectivity index (χ2v) is 7.09. The molecule has 0 radical (unpaired) electrons. The Labute approximate surface area is 156 Å². The number of phenols is 1. The second-order valence-electron chi connectivity index (χ2n) is 4.82. The van der Waals surface area contributed by atoms with Gasteiger partial charge in [0.25, 0.3) is 11.1 Å². The molecular formula is C16H8Cl3NO3S. The third-order valence-corrected chi connectivity index (χ3v) is 4.85. The van der Waals surface area contributed by atoms with Crippen molar-refractivity contribution in [3.63, 3.8) is 0 Å². The van der Waals surface area contributed by atoms with Gasteiger partial charge in [0.05, 0.1) is 15.6 Å². The minimum absolute atomic E-state index is 0.0608. The summed E-state index contributed by atoms with van der Waals surface area (Å²) in [6.07, 6.45) is 1.38. The molecule has 1 heterocycles. The molecule has 0 bridgehead atoms. The monoisotopic (exact) mass is 399 g/mol. The third kappa shape index (κ3) is 3.26. The van der Waals surface area contributed by atoms with E-state index in [9.17, 15) is 14.7 Å². The average molecular weight is 401 g/mol. The van der Waals surface area contributed by atoms with E-state index in [0.29, 0.717) is 15.7 Å². The number of aromatic hydroxyl groups is 1. The lowest BCUT2D eigenvalue weighted by atomic mass is 10.2. The molecule has 1 saturated heterocycles. The molecular weight excluding hydrogens is 393 g/mol. The lowest BCUT2D eigenvalue weighted by molar-refractivity contribution is -0.113. The topological polar surface area (TPSA) is 57.6 Å². The summed E-state index contributed by atoms with van der Waals surface area (Å²) in [6, 6.07) is 9.18. The van der Waals surface area contributed by atoms with Crippen LogP contribution in [0.2, 0.25) is 15.1 Å². The maximum atomic E-state index is 12.5.